The first-order valence-electron chi connectivity index (χ1n) is 14.6. The van der Waals surface area contributed by atoms with Crippen LogP contribution in [0, 0.1) is 19.7 Å². The van der Waals surface area contributed by atoms with Gasteiger partial charge in [-0.15, -0.1) is 0 Å². The van der Waals surface area contributed by atoms with E-state index in [-0.39, 0.29) is 29.5 Å². The van der Waals surface area contributed by atoms with Gasteiger partial charge >= 0.3 is 0 Å². The highest BCUT2D eigenvalue weighted by Crippen LogP contribution is 2.26. The van der Waals surface area contributed by atoms with Crippen LogP contribution in [0.25, 0.3) is 0 Å². The summed E-state index contributed by atoms with van der Waals surface area (Å²) in [5.74, 6) is -1.44. The monoisotopic (exact) mass is 615 g/mol. The van der Waals surface area contributed by atoms with Gasteiger partial charge in [-0.1, -0.05) is 79.2 Å². The molecule has 4 aromatic carbocycles. The van der Waals surface area contributed by atoms with Crippen molar-refractivity contribution in [2.45, 2.75) is 51.1 Å². The fourth-order valence-electron chi connectivity index (χ4n) is 4.86. The average Bonchev–Trinajstić information content (AvgIpc) is 3.02. The first-order valence-corrected chi connectivity index (χ1v) is 16.0. The Labute approximate surface area is 259 Å². The lowest BCUT2D eigenvalue weighted by atomic mass is 10.0. The summed E-state index contributed by atoms with van der Waals surface area (Å²) in [4.78, 5) is 29.5. The SMILES string of the molecule is CCCNC(=O)[C@H](Cc1ccccc1)N(Cc1ccccc1C)C(=O)CN(c1ccc(C)cc1)S(=O)(=O)c1ccc(F)cc1. The predicted octanol–water partition coefficient (Wildman–Crippen LogP) is 5.80. The first-order chi connectivity index (χ1) is 21.1. The number of rotatable bonds is 13. The molecular formula is C35H38FN3O4S. The van der Waals surface area contributed by atoms with Crippen molar-refractivity contribution in [2.24, 2.45) is 0 Å². The third-order valence-corrected chi connectivity index (χ3v) is 9.21. The lowest BCUT2D eigenvalue weighted by Crippen LogP contribution is -2.53. The number of amides is 2. The topological polar surface area (TPSA) is 86.8 Å². The highest BCUT2D eigenvalue weighted by atomic mass is 32.2. The second-order valence-electron chi connectivity index (χ2n) is 10.7. The molecule has 4 rings (SSSR count). The molecule has 44 heavy (non-hydrogen) atoms. The molecule has 0 aromatic heterocycles. The minimum absolute atomic E-state index is 0.0981. The summed E-state index contributed by atoms with van der Waals surface area (Å²) in [6.07, 6.45) is 0.954. The number of carbonyl (C=O) groups excluding carboxylic acids is 2. The van der Waals surface area contributed by atoms with Gasteiger partial charge in [0.2, 0.25) is 11.8 Å². The number of halogens is 1. The summed E-state index contributed by atoms with van der Waals surface area (Å²) in [7, 11) is -4.29. The van der Waals surface area contributed by atoms with Crippen LogP contribution in [0.4, 0.5) is 10.1 Å². The van der Waals surface area contributed by atoms with Crippen LogP contribution in [0.15, 0.2) is 108 Å². The Kier molecular flexibility index (Phi) is 10.9. The number of anilines is 1. The number of benzene rings is 4. The van der Waals surface area contributed by atoms with Crippen LogP contribution in [0.1, 0.15) is 35.6 Å². The summed E-state index contributed by atoms with van der Waals surface area (Å²) in [6, 6.07) is 27.4. The normalized spacial score (nSPS) is 11.9. The molecule has 4 aromatic rings. The van der Waals surface area contributed by atoms with Crippen molar-refractivity contribution in [2.75, 3.05) is 17.4 Å². The van der Waals surface area contributed by atoms with E-state index < -0.39 is 34.3 Å². The van der Waals surface area contributed by atoms with Crippen LogP contribution in [-0.2, 0) is 32.6 Å². The van der Waals surface area contributed by atoms with E-state index in [0.717, 1.165) is 38.7 Å². The summed E-state index contributed by atoms with van der Waals surface area (Å²) >= 11 is 0. The zero-order valence-corrected chi connectivity index (χ0v) is 26.1. The van der Waals surface area contributed by atoms with Crippen LogP contribution >= 0.6 is 0 Å². The first kappa shape index (κ1) is 32.4. The van der Waals surface area contributed by atoms with Gasteiger partial charge in [-0.05, 0) is 73.4 Å². The van der Waals surface area contributed by atoms with E-state index in [4.69, 9.17) is 0 Å². The fourth-order valence-corrected chi connectivity index (χ4v) is 6.28. The number of nitrogens with one attached hydrogen (secondary N) is 1. The van der Waals surface area contributed by atoms with Gasteiger partial charge in [0.05, 0.1) is 10.6 Å². The molecule has 1 atom stereocenters. The second-order valence-corrected chi connectivity index (χ2v) is 12.6. The molecular weight excluding hydrogens is 577 g/mol. The number of carbonyl (C=O) groups is 2. The standard InChI is InChI=1S/C35H38FN3O4S/c1-4-22-37-35(41)33(23-28-11-6-5-7-12-28)38(24-29-13-9-8-10-27(29)3)34(40)25-39(31-18-14-26(2)15-19-31)44(42,43)32-20-16-30(36)17-21-32/h5-21,33H,4,22-25H2,1-3H3,(H,37,41)/t33-/m0/s1. The Bertz CT molecular complexity index is 1660. The Hall–Kier alpha value is -4.50. The van der Waals surface area contributed by atoms with Gasteiger partial charge < -0.3 is 10.2 Å². The molecule has 7 nitrogen and oxygen atoms in total. The maximum absolute atomic E-state index is 14.4. The minimum atomic E-state index is -4.29. The van der Waals surface area contributed by atoms with E-state index in [1.807, 2.05) is 75.4 Å². The van der Waals surface area contributed by atoms with Gasteiger partial charge in [-0.3, -0.25) is 13.9 Å². The van der Waals surface area contributed by atoms with Gasteiger partial charge in [0.1, 0.15) is 18.4 Å². The predicted molar refractivity (Wildman–Crippen MR) is 171 cm³/mol. The number of aryl methyl sites for hydroxylation is 2. The summed E-state index contributed by atoms with van der Waals surface area (Å²) in [6.45, 7) is 5.72. The zero-order chi connectivity index (χ0) is 31.7. The Morgan fingerprint density at radius 2 is 1.48 bits per heavy atom. The van der Waals surface area contributed by atoms with Crippen LogP contribution in [0.5, 0.6) is 0 Å². The minimum Gasteiger partial charge on any atom is -0.354 e. The summed E-state index contributed by atoms with van der Waals surface area (Å²) < 4.78 is 42.7. The van der Waals surface area contributed by atoms with Crippen molar-refractivity contribution >= 4 is 27.5 Å². The van der Waals surface area contributed by atoms with E-state index in [9.17, 15) is 22.4 Å². The third kappa shape index (κ3) is 8.11. The van der Waals surface area contributed by atoms with Crippen LogP contribution in [0.3, 0.4) is 0 Å². The van der Waals surface area contributed by atoms with Crippen molar-refractivity contribution in [3.63, 3.8) is 0 Å². The molecule has 0 aliphatic carbocycles. The number of sulfonamides is 1. The second kappa shape index (κ2) is 14.8. The van der Waals surface area contributed by atoms with E-state index in [2.05, 4.69) is 5.32 Å². The molecule has 0 bridgehead atoms. The number of nitrogens with zero attached hydrogens (tertiary/aromatic N) is 2. The number of hydrogen-bond donors (Lipinski definition) is 1. The quantitative estimate of drug-likeness (QED) is 0.206. The van der Waals surface area contributed by atoms with Crippen LogP contribution in [-0.4, -0.2) is 44.3 Å². The molecule has 0 unspecified atom stereocenters. The van der Waals surface area contributed by atoms with Crippen LogP contribution < -0.4 is 9.62 Å². The molecule has 0 spiro atoms. The van der Waals surface area contributed by atoms with E-state index in [1.54, 1.807) is 24.3 Å². The Morgan fingerprint density at radius 3 is 2.11 bits per heavy atom. The lowest BCUT2D eigenvalue weighted by Gasteiger charge is -2.34. The highest BCUT2D eigenvalue weighted by molar-refractivity contribution is 7.92. The largest absolute Gasteiger partial charge is 0.354 e. The van der Waals surface area contributed by atoms with E-state index >= 15 is 0 Å². The lowest BCUT2D eigenvalue weighted by molar-refractivity contribution is -0.140. The molecule has 9 heteroatoms. The molecule has 0 aliphatic heterocycles. The third-order valence-electron chi connectivity index (χ3n) is 7.42. The molecule has 0 heterocycles. The maximum Gasteiger partial charge on any atom is 0.264 e. The smallest absolute Gasteiger partial charge is 0.264 e. The fraction of sp³-hybridized carbons (Fsp3) is 0.257. The molecule has 0 aliphatic rings. The van der Waals surface area contributed by atoms with Crippen molar-refractivity contribution < 1.29 is 22.4 Å². The van der Waals surface area contributed by atoms with Crippen molar-refractivity contribution in [3.8, 4) is 0 Å². The molecule has 0 saturated heterocycles. The van der Waals surface area contributed by atoms with Gasteiger partial charge in [-0.2, -0.15) is 0 Å². The Balaban J connectivity index is 1.80. The van der Waals surface area contributed by atoms with Crippen LogP contribution in [0.2, 0.25) is 0 Å². The van der Waals surface area contributed by atoms with E-state index in [0.29, 0.717) is 13.0 Å². The van der Waals surface area contributed by atoms with Gasteiger partial charge in [-0.25, -0.2) is 12.8 Å². The molecule has 0 radical (unpaired) electrons. The van der Waals surface area contributed by atoms with E-state index in [1.165, 1.54) is 17.0 Å². The highest BCUT2D eigenvalue weighted by Gasteiger charge is 2.34. The maximum atomic E-state index is 14.4. The van der Waals surface area contributed by atoms with Crippen molar-refractivity contribution in [1.29, 1.82) is 0 Å². The van der Waals surface area contributed by atoms with Gasteiger partial charge in [0.25, 0.3) is 10.0 Å². The zero-order valence-electron chi connectivity index (χ0n) is 25.2. The molecule has 1 N–H and O–H groups in total. The van der Waals surface area contributed by atoms with Crippen molar-refractivity contribution in [3.05, 3.63) is 131 Å². The summed E-state index contributed by atoms with van der Waals surface area (Å²) in [5, 5.41) is 2.94. The van der Waals surface area contributed by atoms with Crippen molar-refractivity contribution in [1.82, 2.24) is 10.2 Å². The molecule has 230 valence electrons. The molecule has 0 saturated carbocycles. The van der Waals surface area contributed by atoms with Gasteiger partial charge in [0, 0.05) is 19.5 Å². The Morgan fingerprint density at radius 1 is 0.841 bits per heavy atom. The van der Waals surface area contributed by atoms with Gasteiger partial charge in [0.15, 0.2) is 0 Å². The number of hydrogen-bond acceptors (Lipinski definition) is 4. The molecule has 2 amide bonds. The summed E-state index contributed by atoms with van der Waals surface area (Å²) in [5.41, 5.74) is 3.83. The average molecular weight is 616 g/mol. The molecule has 0 fully saturated rings.